The minimum atomic E-state index is -4.62. The number of aromatic nitrogens is 5. The summed E-state index contributed by atoms with van der Waals surface area (Å²) < 4.78 is 47.9. The molecule has 6 heterocycles. The fourth-order valence-corrected chi connectivity index (χ4v) is 7.79. The van der Waals surface area contributed by atoms with Crippen molar-refractivity contribution in [3.63, 3.8) is 0 Å². The van der Waals surface area contributed by atoms with Crippen LogP contribution in [0.5, 0.6) is 5.75 Å². The molecule has 1 saturated heterocycles. The molecule has 3 aromatic heterocycles. The van der Waals surface area contributed by atoms with Gasteiger partial charge in [0.15, 0.2) is 17.3 Å². The molecule has 19 heteroatoms. The number of amides is 3. The number of nitrogens with one attached hydrogen (secondary N) is 1. The Morgan fingerprint density at radius 3 is 2.52 bits per heavy atom. The van der Waals surface area contributed by atoms with Gasteiger partial charge in [-0.25, -0.2) is 4.98 Å². The van der Waals surface area contributed by atoms with Gasteiger partial charge in [-0.15, -0.1) is 5.10 Å². The zero-order valence-electron chi connectivity index (χ0n) is 30.2. The molecule has 0 spiro atoms. The predicted octanol–water partition coefficient (Wildman–Crippen LogP) is 4.07. The number of pyridine rings is 1. The molecule has 56 heavy (non-hydrogen) atoms. The van der Waals surface area contributed by atoms with Crippen molar-refractivity contribution in [3.8, 4) is 5.75 Å². The van der Waals surface area contributed by atoms with E-state index in [0.29, 0.717) is 48.8 Å². The van der Waals surface area contributed by atoms with E-state index < -0.39 is 29.1 Å². The maximum atomic E-state index is 14.3. The highest BCUT2D eigenvalue weighted by Crippen LogP contribution is 2.41. The molecule has 8 rings (SSSR count). The van der Waals surface area contributed by atoms with Gasteiger partial charge in [0, 0.05) is 44.2 Å². The number of piperazine rings is 1. The SMILES string of the molecule is CCc1c(N2CCN(C(=O)c3ncc4c(c3O)CCC(=O)N4C3CC3)CC2)c(=O)n2nc(C3=CCOCC3)nc2n1CC(=O)Nc1ccc(C(F)(F)F)cc1Cl. The first-order valence-electron chi connectivity index (χ1n) is 18.4. The highest BCUT2D eigenvalue weighted by molar-refractivity contribution is 6.33. The van der Waals surface area contributed by atoms with E-state index in [4.69, 9.17) is 16.3 Å². The number of aromatic hydroxyl groups is 1. The molecule has 0 atom stereocenters. The maximum Gasteiger partial charge on any atom is 0.416 e. The van der Waals surface area contributed by atoms with E-state index in [1.807, 2.05) is 17.9 Å². The Morgan fingerprint density at radius 1 is 1.09 bits per heavy atom. The highest BCUT2D eigenvalue weighted by atomic mass is 35.5. The number of ether oxygens (including phenoxy) is 1. The standard InChI is InChI=1S/C37H37ClF3N9O6/c1-2-26-31(46-11-13-47(14-12-46)34(54)30-32(53)23-6-8-29(52)49(22-4-5-22)27(23)18-42-30)35(55)50-36(44-33(45-50)20-9-15-56-16-10-20)48(26)19-28(51)43-25-7-3-21(17-24(25)38)37(39,40)41/h3,7,9,17-18,22,53H,2,4-6,8,10-16,19H2,1H3,(H,43,51). The average Bonchev–Trinajstić information content (AvgIpc) is 3.92. The number of alkyl halides is 3. The third-order valence-electron chi connectivity index (χ3n) is 10.5. The summed E-state index contributed by atoms with van der Waals surface area (Å²) in [5.41, 5.74) is 0.989. The molecular formula is C37H37ClF3N9O6. The lowest BCUT2D eigenvalue weighted by molar-refractivity contribution is -0.137. The van der Waals surface area contributed by atoms with Gasteiger partial charge in [0.2, 0.25) is 17.6 Å². The Bertz CT molecular complexity index is 2370. The van der Waals surface area contributed by atoms with Gasteiger partial charge >= 0.3 is 6.18 Å². The van der Waals surface area contributed by atoms with Crippen molar-refractivity contribution in [2.24, 2.45) is 0 Å². The van der Waals surface area contributed by atoms with Crippen LogP contribution in [0.15, 0.2) is 35.3 Å². The summed E-state index contributed by atoms with van der Waals surface area (Å²) in [6.07, 6.45) is 1.77. The number of halogens is 4. The van der Waals surface area contributed by atoms with E-state index in [2.05, 4.69) is 20.4 Å². The van der Waals surface area contributed by atoms with Crippen LogP contribution in [-0.2, 0) is 39.9 Å². The number of carbonyl (C=O) groups excluding carboxylic acids is 3. The molecule has 2 N–H and O–H groups in total. The zero-order valence-corrected chi connectivity index (χ0v) is 31.0. The van der Waals surface area contributed by atoms with Crippen molar-refractivity contribution in [3.05, 3.63) is 74.2 Å². The minimum Gasteiger partial charge on any atom is -0.505 e. The second-order valence-electron chi connectivity index (χ2n) is 14.1. The van der Waals surface area contributed by atoms with Gasteiger partial charge < -0.3 is 34.4 Å². The molecule has 0 radical (unpaired) electrons. The summed E-state index contributed by atoms with van der Waals surface area (Å²) in [5.74, 6) is -0.977. The van der Waals surface area contributed by atoms with E-state index in [9.17, 15) is 37.5 Å². The van der Waals surface area contributed by atoms with Gasteiger partial charge in [0.1, 0.15) is 12.2 Å². The van der Waals surface area contributed by atoms with Crippen LogP contribution in [0.3, 0.4) is 0 Å². The Labute approximate surface area is 322 Å². The molecule has 15 nitrogen and oxygen atoms in total. The monoisotopic (exact) mass is 795 g/mol. The summed E-state index contributed by atoms with van der Waals surface area (Å²) in [7, 11) is 0. The molecule has 0 bridgehead atoms. The van der Waals surface area contributed by atoms with Gasteiger partial charge in [-0.05, 0) is 55.9 Å². The van der Waals surface area contributed by atoms with Crippen molar-refractivity contribution < 1.29 is 37.4 Å². The van der Waals surface area contributed by atoms with Crippen molar-refractivity contribution in [2.75, 3.05) is 54.5 Å². The normalized spacial score (nSPS) is 17.6. The van der Waals surface area contributed by atoms with Crippen LogP contribution < -0.4 is 20.7 Å². The first kappa shape index (κ1) is 37.4. The summed E-state index contributed by atoms with van der Waals surface area (Å²) >= 11 is 6.14. The zero-order chi connectivity index (χ0) is 39.5. The summed E-state index contributed by atoms with van der Waals surface area (Å²) in [4.78, 5) is 68.3. The molecular weight excluding hydrogens is 759 g/mol. The molecule has 4 aromatic rings. The second kappa shape index (κ2) is 14.5. The Balaban J connectivity index is 1.08. The van der Waals surface area contributed by atoms with Gasteiger partial charge in [-0.3, -0.25) is 19.2 Å². The topological polar surface area (TPSA) is 168 Å². The number of rotatable bonds is 8. The van der Waals surface area contributed by atoms with Crippen molar-refractivity contribution in [1.29, 1.82) is 0 Å². The van der Waals surface area contributed by atoms with E-state index in [1.165, 1.54) is 6.20 Å². The fourth-order valence-electron chi connectivity index (χ4n) is 7.56. The lowest BCUT2D eigenvalue weighted by Crippen LogP contribution is -2.51. The highest BCUT2D eigenvalue weighted by Gasteiger charge is 2.39. The van der Waals surface area contributed by atoms with Crippen LogP contribution in [-0.4, -0.2) is 97.3 Å². The average molecular weight is 796 g/mol. The van der Waals surface area contributed by atoms with Crippen LogP contribution in [0.4, 0.5) is 30.2 Å². The van der Waals surface area contributed by atoms with Crippen LogP contribution >= 0.6 is 11.6 Å². The van der Waals surface area contributed by atoms with E-state index in [-0.39, 0.29) is 91.1 Å². The fraction of sp³-hybridized carbons (Fsp3) is 0.432. The minimum absolute atomic E-state index is 0.0212. The van der Waals surface area contributed by atoms with Crippen molar-refractivity contribution >= 4 is 57.7 Å². The third kappa shape index (κ3) is 6.84. The Hall–Kier alpha value is -5.49. The molecule has 0 unspecified atom stereocenters. The van der Waals surface area contributed by atoms with Crippen LogP contribution in [0.1, 0.15) is 65.7 Å². The first-order valence-corrected chi connectivity index (χ1v) is 18.7. The maximum absolute atomic E-state index is 14.3. The molecule has 1 aromatic carbocycles. The lowest BCUT2D eigenvalue weighted by Gasteiger charge is -2.37. The number of carbonyl (C=O) groups is 3. The molecule has 4 aliphatic rings. The van der Waals surface area contributed by atoms with E-state index in [1.54, 1.807) is 14.4 Å². The molecule has 1 aliphatic carbocycles. The first-order chi connectivity index (χ1) is 26.8. The smallest absolute Gasteiger partial charge is 0.416 e. The lowest BCUT2D eigenvalue weighted by atomic mass is 10.00. The third-order valence-corrected chi connectivity index (χ3v) is 10.8. The molecule has 3 aliphatic heterocycles. The number of hydrogen-bond donors (Lipinski definition) is 2. The molecule has 2 fully saturated rings. The summed E-state index contributed by atoms with van der Waals surface area (Å²) in [6.45, 7) is 2.99. The van der Waals surface area contributed by atoms with E-state index in [0.717, 1.165) is 41.1 Å². The van der Waals surface area contributed by atoms with Gasteiger partial charge in [0.25, 0.3) is 11.5 Å². The Kier molecular flexibility index (Phi) is 9.72. The van der Waals surface area contributed by atoms with Crippen molar-refractivity contribution in [2.45, 2.75) is 64.2 Å². The number of benzene rings is 1. The molecule has 3 amide bonds. The van der Waals surface area contributed by atoms with Crippen molar-refractivity contribution in [1.82, 2.24) is 29.0 Å². The number of fused-ring (bicyclic) bond motifs is 2. The Morgan fingerprint density at radius 2 is 1.86 bits per heavy atom. The second-order valence-corrected chi connectivity index (χ2v) is 14.5. The van der Waals surface area contributed by atoms with Gasteiger partial charge in [-0.2, -0.15) is 22.7 Å². The summed E-state index contributed by atoms with van der Waals surface area (Å²) in [6, 6.07) is 2.71. The molecule has 1 saturated carbocycles. The van der Waals surface area contributed by atoms with Crippen LogP contribution in [0, 0.1) is 0 Å². The quantitative estimate of drug-likeness (QED) is 0.266. The van der Waals surface area contributed by atoms with Gasteiger partial charge in [0.05, 0.1) is 47.1 Å². The summed E-state index contributed by atoms with van der Waals surface area (Å²) in [5, 5.41) is 18.1. The largest absolute Gasteiger partial charge is 0.505 e. The van der Waals surface area contributed by atoms with Gasteiger partial charge in [-0.1, -0.05) is 24.6 Å². The number of hydrogen-bond acceptors (Lipinski definition) is 10. The van der Waals surface area contributed by atoms with Crippen LogP contribution in [0.2, 0.25) is 5.02 Å². The van der Waals surface area contributed by atoms with E-state index >= 15 is 0 Å². The predicted molar refractivity (Wildman–Crippen MR) is 198 cm³/mol. The number of anilines is 3. The van der Waals surface area contributed by atoms with Crippen LogP contribution in [0.25, 0.3) is 11.4 Å². The molecule has 294 valence electrons. The number of nitrogens with zero attached hydrogens (tertiary/aromatic N) is 8.